The Morgan fingerprint density at radius 1 is 0.839 bits per heavy atom. The van der Waals surface area contributed by atoms with Crippen LogP contribution in [0.3, 0.4) is 0 Å². The Balaban J connectivity index is 1.40. The number of nitrogens with one attached hydrogen (secondary N) is 2. The van der Waals surface area contributed by atoms with E-state index in [2.05, 4.69) is 45.7 Å². The zero-order chi connectivity index (χ0) is 21.6. The van der Waals surface area contributed by atoms with Crippen molar-refractivity contribution >= 4 is 17.4 Å². The average Bonchev–Trinajstić information content (AvgIpc) is 2.79. The quantitative estimate of drug-likeness (QED) is 0.446. The van der Waals surface area contributed by atoms with Gasteiger partial charge in [0.25, 0.3) is 5.91 Å². The van der Waals surface area contributed by atoms with E-state index in [0.717, 1.165) is 22.5 Å². The second-order valence-electron chi connectivity index (χ2n) is 7.53. The molecule has 154 valence electrons. The third kappa shape index (κ3) is 5.34. The van der Waals surface area contributed by atoms with Crippen molar-refractivity contribution in [3.05, 3.63) is 107 Å². The molecule has 0 saturated carbocycles. The number of amides is 1. The maximum Gasteiger partial charge on any atom is 0.251 e. The molecule has 1 heterocycles. The molecule has 0 radical (unpaired) electrons. The van der Waals surface area contributed by atoms with Crippen molar-refractivity contribution in [1.82, 2.24) is 15.3 Å². The van der Waals surface area contributed by atoms with Crippen LogP contribution in [0, 0.1) is 13.8 Å². The Bertz CT molecular complexity index is 1180. The van der Waals surface area contributed by atoms with E-state index in [9.17, 15) is 4.79 Å². The molecule has 0 saturated heterocycles. The topological polar surface area (TPSA) is 66.9 Å². The molecule has 3 aromatic carbocycles. The maximum absolute atomic E-state index is 12.4. The molecule has 5 nitrogen and oxygen atoms in total. The zero-order valence-electron chi connectivity index (χ0n) is 17.6. The summed E-state index contributed by atoms with van der Waals surface area (Å²) in [4.78, 5) is 21.1. The molecule has 0 aliphatic rings. The summed E-state index contributed by atoms with van der Waals surface area (Å²) in [5.74, 6) is 0.596. The molecule has 0 atom stereocenters. The summed E-state index contributed by atoms with van der Waals surface area (Å²) in [6.45, 7) is 4.60. The molecule has 1 aromatic heterocycles. The summed E-state index contributed by atoms with van der Waals surface area (Å²) < 4.78 is 0. The fourth-order valence-corrected chi connectivity index (χ4v) is 3.27. The van der Waals surface area contributed by atoms with Gasteiger partial charge in [-0.05, 0) is 43.7 Å². The largest absolute Gasteiger partial charge is 0.348 e. The molecule has 0 bridgehead atoms. The number of aromatic nitrogens is 2. The highest BCUT2D eigenvalue weighted by Gasteiger charge is 2.07. The molecule has 31 heavy (non-hydrogen) atoms. The van der Waals surface area contributed by atoms with Gasteiger partial charge in [-0.15, -0.1) is 0 Å². The molecule has 0 unspecified atom stereocenters. The Kier molecular flexibility index (Phi) is 6.03. The van der Waals surface area contributed by atoms with Crippen LogP contribution in [0.4, 0.5) is 11.5 Å². The number of benzene rings is 3. The van der Waals surface area contributed by atoms with E-state index in [-0.39, 0.29) is 5.91 Å². The van der Waals surface area contributed by atoms with Gasteiger partial charge < -0.3 is 10.6 Å². The van der Waals surface area contributed by atoms with Gasteiger partial charge >= 0.3 is 0 Å². The molecule has 0 aliphatic heterocycles. The molecule has 2 N–H and O–H groups in total. The number of carbonyl (C=O) groups excluding carboxylic acids is 1. The number of hydrogen-bond donors (Lipinski definition) is 2. The smallest absolute Gasteiger partial charge is 0.251 e. The number of aryl methyl sites for hydroxylation is 2. The first-order valence-corrected chi connectivity index (χ1v) is 10.2. The molecule has 0 spiro atoms. The Labute approximate surface area is 182 Å². The van der Waals surface area contributed by atoms with Gasteiger partial charge in [0.15, 0.2) is 0 Å². The van der Waals surface area contributed by atoms with Gasteiger partial charge in [0, 0.05) is 29.4 Å². The van der Waals surface area contributed by atoms with E-state index >= 15 is 0 Å². The van der Waals surface area contributed by atoms with E-state index in [0.29, 0.717) is 17.9 Å². The van der Waals surface area contributed by atoms with Crippen LogP contribution in [0.5, 0.6) is 0 Å². The van der Waals surface area contributed by atoms with Crippen LogP contribution in [0.2, 0.25) is 0 Å². The Morgan fingerprint density at radius 2 is 1.61 bits per heavy atom. The molecular weight excluding hydrogens is 384 g/mol. The predicted molar refractivity (Wildman–Crippen MR) is 124 cm³/mol. The van der Waals surface area contributed by atoms with Crippen LogP contribution in [0.15, 0.2) is 85.2 Å². The van der Waals surface area contributed by atoms with Crippen LogP contribution < -0.4 is 10.6 Å². The third-order valence-electron chi connectivity index (χ3n) is 4.97. The van der Waals surface area contributed by atoms with Crippen molar-refractivity contribution in [2.24, 2.45) is 0 Å². The Hall–Kier alpha value is -3.99. The summed E-state index contributed by atoms with van der Waals surface area (Å²) in [7, 11) is 0. The number of hydrogen-bond acceptors (Lipinski definition) is 4. The number of nitrogens with zero attached hydrogens (tertiary/aromatic N) is 2. The van der Waals surface area contributed by atoms with Gasteiger partial charge in [0.2, 0.25) is 0 Å². The van der Waals surface area contributed by atoms with Gasteiger partial charge in [0.05, 0.1) is 5.69 Å². The first kappa shape index (κ1) is 20.3. The third-order valence-corrected chi connectivity index (χ3v) is 4.97. The summed E-state index contributed by atoms with van der Waals surface area (Å²) in [5, 5.41) is 6.23. The zero-order valence-corrected chi connectivity index (χ0v) is 17.6. The fourth-order valence-electron chi connectivity index (χ4n) is 3.27. The minimum absolute atomic E-state index is 0.100. The molecule has 1 amide bonds. The summed E-state index contributed by atoms with van der Waals surface area (Å²) in [6.07, 6.45) is 1.55. The average molecular weight is 409 g/mol. The lowest BCUT2D eigenvalue weighted by Gasteiger charge is -2.09. The van der Waals surface area contributed by atoms with Gasteiger partial charge in [0.1, 0.15) is 12.1 Å². The van der Waals surface area contributed by atoms with E-state index in [1.807, 2.05) is 55.5 Å². The summed E-state index contributed by atoms with van der Waals surface area (Å²) in [5.41, 5.74) is 6.82. The summed E-state index contributed by atoms with van der Waals surface area (Å²) >= 11 is 0. The van der Waals surface area contributed by atoms with Crippen LogP contribution >= 0.6 is 0 Å². The lowest BCUT2D eigenvalue weighted by Crippen LogP contribution is -2.22. The van der Waals surface area contributed by atoms with Crippen LogP contribution in [0.1, 0.15) is 27.0 Å². The van der Waals surface area contributed by atoms with Crippen LogP contribution in [-0.2, 0) is 6.54 Å². The molecule has 4 aromatic rings. The predicted octanol–water partition coefficient (Wildman–Crippen LogP) is 5.43. The van der Waals surface area contributed by atoms with Gasteiger partial charge in [-0.1, -0.05) is 59.7 Å². The SMILES string of the molecule is Cc1ccc(-c2cc(Nc3ccc(C(=O)NCc4cccc(C)c4)cc3)ncn2)cc1. The highest BCUT2D eigenvalue weighted by molar-refractivity contribution is 5.94. The van der Waals surface area contributed by atoms with Crippen LogP contribution in [0.25, 0.3) is 11.3 Å². The van der Waals surface area contributed by atoms with Crippen molar-refractivity contribution in [2.75, 3.05) is 5.32 Å². The normalized spacial score (nSPS) is 10.5. The minimum Gasteiger partial charge on any atom is -0.348 e. The van der Waals surface area contributed by atoms with Crippen molar-refractivity contribution in [1.29, 1.82) is 0 Å². The van der Waals surface area contributed by atoms with Crippen LogP contribution in [-0.4, -0.2) is 15.9 Å². The number of carbonyl (C=O) groups is 1. The lowest BCUT2D eigenvalue weighted by molar-refractivity contribution is 0.0951. The number of rotatable bonds is 6. The van der Waals surface area contributed by atoms with E-state index in [4.69, 9.17) is 0 Å². The lowest BCUT2D eigenvalue weighted by atomic mass is 10.1. The monoisotopic (exact) mass is 408 g/mol. The standard InChI is InChI=1S/C26H24N4O/c1-18-6-8-21(9-7-18)24-15-25(29-17-28-24)30-23-12-10-22(11-13-23)26(31)27-16-20-5-3-4-19(2)14-20/h3-15,17H,16H2,1-2H3,(H,27,31)(H,28,29,30). The van der Waals surface area contributed by atoms with Gasteiger partial charge in [-0.3, -0.25) is 4.79 Å². The molecule has 0 aliphatic carbocycles. The molecular formula is C26H24N4O. The fraction of sp³-hybridized carbons (Fsp3) is 0.115. The van der Waals surface area contributed by atoms with Gasteiger partial charge in [-0.2, -0.15) is 0 Å². The molecule has 4 rings (SSSR count). The van der Waals surface area contributed by atoms with E-state index in [1.54, 1.807) is 18.5 Å². The van der Waals surface area contributed by atoms with Crippen molar-refractivity contribution in [2.45, 2.75) is 20.4 Å². The Morgan fingerprint density at radius 3 is 2.35 bits per heavy atom. The minimum atomic E-state index is -0.100. The first-order valence-electron chi connectivity index (χ1n) is 10.2. The van der Waals surface area contributed by atoms with Crippen molar-refractivity contribution in [3.8, 4) is 11.3 Å². The second kappa shape index (κ2) is 9.22. The van der Waals surface area contributed by atoms with Gasteiger partial charge in [-0.25, -0.2) is 9.97 Å². The number of anilines is 2. The van der Waals surface area contributed by atoms with Crippen molar-refractivity contribution in [3.63, 3.8) is 0 Å². The summed E-state index contributed by atoms with van der Waals surface area (Å²) in [6, 6.07) is 25.6. The van der Waals surface area contributed by atoms with E-state index < -0.39 is 0 Å². The second-order valence-corrected chi connectivity index (χ2v) is 7.53. The van der Waals surface area contributed by atoms with E-state index in [1.165, 1.54) is 11.1 Å². The molecule has 5 heteroatoms. The van der Waals surface area contributed by atoms with Crippen molar-refractivity contribution < 1.29 is 4.79 Å². The maximum atomic E-state index is 12.4. The highest BCUT2D eigenvalue weighted by Crippen LogP contribution is 2.21. The highest BCUT2D eigenvalue weighted by atomic mass is 16.1. The molecule has 0 fully saturated rings. The first-order chi connectivity index (χ1) is 15.1.